The van der Waals surface area contributed by atoms with Crippen LogP contribution < -0.4 is 20.5 Å². The van der Waals surface area contributed by atoms with Gasteiger partial charge in [-0.3, -0.25) is 9.36 Å². The average molecular weight is 501 g/mol. The van der Waals surface area contributed by atoms with Gasteiger partial charge in [-0.2, -0.15) is 9.97 Å². The molecule has 9 nitrogen and oxygen atoms in total. The molecular formula is C28H32N6O3. The van der Waals surface area contributed by atoms with Crippen molar-refractivity contribution >= 4 is 27.5 Å². The second-order valence-corrected chi connectivity index (χ2v) is 10.3. The van der Waals surface area contributed by atoms with Crippen molar-refractivity contribution in [2.45, 2.75) is 31.3 Å². The van der Waals surface area contributed by atoms with Gasteiger partial charge in [0, 0.05) is 49.4 Å². The predicted molar refractivity (Wildman–Crippen MR) is 145 cm³/mol. The first-order valence-electron chi connectivity index (χ1n) is 12.9. The first-order valence-corrected chi connectivity index (χ1v) is 12.9. The molecular weight excluding hydrogens is 468 g/mol. The first kappa shape index (κ1) is 23.7. The van der Waals surface area contributed by atoms with E-state index in [1.54, 1.807) is 22.9 Å². The number of benzene rings is 2. The van der Waals surface area contributed by atoms with Gasteiger partial charge in [-0.25, -0.2) is 0 Å². The van der Waals surface area contributed by atoms with Crippen molar-refractivity contribution in [3.63, 3.8) is 0 Å². The third kappa shape index (κ3) is 4.60. The third-order valence-electron chi connectivity index (χ3n) is 7.30. The topological polar surface area (TPSA) is 95.8 Å². The van der Waals surface area contributed by atoms with Crippen LogP contribution in [0.2, 0.25) is 0 Å². The zero-order valence-corrected chi connectivity index (χ0v) is 21.2. The largest absolute Gasteiger partial charge is 0.508 e. The molecule has 6 rings (SSSR count). The van der Waals surface area contributed by atoms with E-state index in [2.05, 4.69) is 20.1 Å². The molecule has 0 amide bonds. The molecule has 2 aliphatic heterocycles. The van der Waals surface area contributed by atoms with Crippen LogP contribution in [0.4, 0.5) is 5.82 Å². The smallest absolute Gasteiger partial charge is 0.319 e. The van der Waals surface area contributed by atoms with Gasteiger partial charge < -0.3 is 25.0 Å². The summed E-state index contributed by atoms with van der Waals surface area (Å²) in [6.45, 7) is 3.03. The molecule has 4 heterocycles. The number of nitrogens with zero attached hydrogens (tertiary/aromatic N) is 5. The van der Waals surface area contributed by atoms with E-state index < -0.39 is 0 Å². The fourth-order valence-electron chi connectivity index (χ4n) is 5.57. The molecule has 2 unspecified atom stereocenters. The molecule has 2 N–H and O–H groups in total. The van der Waals surface area contributed by atoms with E-state index in [0.717, 1.165) is 55.5 Å². The quantitative estimate of drug-likeness (QED) is 0.374. The van der Waals surface area contributed by atoms with Gasteiger partial charge in [-0.1, -0.05) is 24.3 Å². The highest BCUT2D eigenvalue weighted by Crippen LogP contribution is 2.31. The Balaban J connectivity index is 1.47. The molecule has 2 aliphatic rings. The Morgan fingerprint density at radius 1 is 1.08 bits per heavy atom. The molecule has 192 valence electrons. The standard InChI is InChI=1S/C28H32N6O3/c1-32(2)11-5-13-37-28-30-25-23(26(31-28)33-16-19-8-9-20(17-33)29-19)10-12-34(27(25)36)24-15-21(35)14-18-6-3-4-7-22(18)24/h3-4,6-7,10,12,14-15,19-20,29,35H,5,8-9,11,13,16-17H2,1-2H3. The molecule has 0 spiro atoms. The van der Waals surface area contributed by atoms with Gasteiger partial charge in [0.25, 0.3) is 5.56 Å². The van der Waals surface area contributed by atoms with Crippen LogP contribution in [0.15, 0.2) is 53.5 Å². The number of rotatable bonds is 7. The lowest BCUT2D eigenvalue weighted by atomic mass is 10.1. The maximum atomic E-state index is 13.9. The second kappa shape index (κ2) is 9.64. The Labute approximate surface area is 215 Å². The number of fused-ring (bicyclic) bond motifs is 4. The zero-order chi connectivity index (χ0) is 25.5. The summed E-state index contributed by atoms with van der Waals surface area (Å²) in [5, 5.41) is 16.5. The van der Waals surface area contributed by atoms with Crippen LogP contribution in [0.5, 0.6) is 11.8 Å². The van der Waals surface area contributed by atoms with E-state index in [0.29, 0.717) is 35.3 Å². The Hall–Kier alpha value is -3.69. The predicted octanol–water partition coefficient (Wildman–Crippen LogP) is 2.91. The van der Waals surface area contributed by atoms with Crippen LogP contribution in [-0.2, 0) is 0 Å². The van der Waals surface area contributed by atoms with Crippen molar-refractivity contribution in [3.8, 4) is 17.4 Å². The number of phenols is 1. The number of phenolic OH excluding ortho intramolecular Hbond substituents is 1. The van der Waals surface area contributed by atoms with Crippen LogP contribution in [0.3, 0.4) is 0 Å². The molecule has 2 atom stereocenters. The highest BCUT2D eigenvalue weighted by molar-refractivity contribution is 5.93. The summed E-state index contributed by atoms with van der Waals surface area (Å²) in [7, 11) is 4.05. The highest BCUT2D eigenvalue weighted by atomic mass is 16.5. The molecule has 9 heteroatoms. The Bertz CT molecular complexity index is 1510. The van der Waals surface area contributed by atoms with Crippen LogP contribution in [0.1, 0.15) is 19.3 Å². The minimum Gasteiger partial charge on any atom is -0.508 e. The first-order chi connectivity index (χ1) is 18.0. The van der Waals surface area contributed by atoms with Gasteiger partial charge in [0.15, 0.2) is 0 Å². The number of piperazine rings is 1. The van der Waals surface area contributed by atoms with Gasteiger partial charge in [-0.05, 0) is 50.9 Å². The number of anilines is 1. The summed E-state index contributed by atoms with van der Waals surface area (Å²) in [6.07, 6.45) is 4.88. The van der Waals surface area contributed by atoms with Gasteiger partial charge in [-0.15, -0.1) is 0 Å². The molecule has 0 aliphatic carbocycles. The number of pyridine rings is 1. The van der Waals surface area contributed by atoms with Gasteiger partial charge >= 0.3 is 6.01 Å². The molecule has 2 aromatic heterocycles. The lowest BCUT2D eigenvalue weighted by Gasteiger charge is -2.34. The van der Waals surface area contributed by atoms with E-state index >= 15 is 0 Å². The number of nitrogens with one attached hydrogen (secondary N) is 1. The minimum absolute atomic E-state index is 0.102. The lowest BCUT2D eigenvalue weighted by Crippen LogP contribution is -2.51. The molecule has 0 radical (unpaired) electrons. The fourth-order valence-corrected chi connectivity index (χ4v) is 5.57. The molecule has 2 bridgehead atoms. The molecule has 0 saturated carbocycles. The summed E-state index contributed by atoms with van der Waals surface area (Å²) in [4.78, 5) is 27.7. The Morgan fingerprint density at radius 2 is 1.86 bits per heavy atom. The summed E-state index contributed by atoms with van der Waals surface area (Å²) in [6, 6.07) is 14.0. The third-order valence-corrected chi connectivity index (χ3v) is 7.30. The normalized spacial score (nSPS) is 19.3. The van der Waals surface area contributed by atoms with Crippen molar-refractivity contribution < 1.29 is 9.84 Å². The highest BCUT2D eigenvalue weighted by Gasteiger charge is 2.34. The Morgan fingerprint density at radius 3 is 2.65 bits per heavy atom. The van der Waals surface area contributed by atoms with E-state index in [1.807, 2.05) is 44.4 Å². The van der Waals surface area contributed by atoms with Crippen LogP contribution in [0, 0.1) is 0 Å². The van der Waals surface area contributed by atoms with Crippen molar-refractivity contribution in [1.29, 1.82) is 0 Å². The zero-order valence-electron chi connectivity index (χ0n) is 21.2. The van der Waals surface area contributed by atoms with E-state index in [1.165, 1.54) is 0 Å². The van der Waals surface area contributed by atoms with E-state index in [4.69, 9.17) is 9.72 Å². The molecule has 2 fully saturated rings. The maximum Gasteiger partial charge on any atom is 0.319 e. The summed E-state index contributed by atoms with van der Waals surface area (Å²) in [5.41, 5.74) is 0.651. The summed E-state index contributed by atoms with van der Waals surface area (Å²) < 4.78 is 7.53. The SMILES string of the molecule is CN(C)CCCOc1nc(N2CC3CCC(C2)N3)c2ccn(-c3cc(O)cc4ccccc34)c(=O)c2n1. The minimum atomic E-state index is -0.270. The van der Waals surface area contributed by atoms with Crippen molar-refractivity contribution in [2.24, 2.45) is 0 Å². The monoisotopic (exact) mass is 500 g/mol. The number of aromatic nitrogens is 3. The second-order valence-electron chi connectivity index (χ2n) is 10.3. The van der Waals surface area contributed by atoms with Crippen LogP contribution >= 0.6 is 0 Å². The van der Waals surface area contributed by atoms with Crippen molar-refractivity contribution in [1.82, 2.24) is 24.8 Å². The maximum absolute atomic E-state index is 13.9. The number of hydrogen-bond acceptors (Lipinski definition) is 8. The fraction of sp³-hybridized carbons (Fsp3) is 0.393. The average Bonchev–Trinajstić information content (AvgIpc) is 3.23. The number of ether oxygens (including phenoxy) is 1. The Kier molecular flexibility index (Phi) is 6.18. The van der Waals surface area contributed by atoms with E-state index in [9.17, 15) is 9.90 Å². The van der Waals surface area contributed by atoms with E-state index in [-0.39, 0.29) is 17.3 Å². The van der Waals surface area contributed by atoms with Gasteiger partial charge in [0.2, 0.25) is 0 Å². The van der Waals surface area contributed by atoms with Gasteiger partial charge in [0.05, 0.1) is 17.7 Å². The number of aromatic hydroxyl groups is 1. The van der Waals surface area contributed by atoms with Crippen molar-refractivity contribution in [3.05, 3.63) is 59.0 Å². The van der Waals surface area contributed by atoms with Crippen molar-refractivity contribution in [2.75, 3.05) is 45.2 Å². The molecule has 2 saturated heterocycles. The lowest BCUT2D eigenvalue weighted by molar-refractivity contribution is 0.264. The molecule has 2 aromatic carbocycles. The van der Waals surface area contributed by atoms with Gasteiger partial charge in [0.1, 0.15) is 17.1 Å². The number of hydrogen-bond donors (Lipinski definition) is 2. The molecule has 4 aromatic rings. The summed E-state index contributed by atoms with van der Waals surface area (Å²) in [5.74, 6) is 0.848. The summed E-state index contributed by atoms with van der Waals surface area (Å²) >= 11 is 0. The van der Waals surface area contributed by atoms with Crippen LogP contribution in [-0.4, -0.2) is 77.0 Å². The molecule has 37 heavy (non-hydrogen) atoms. The van der Waals surface area contributed by atoms with Crippen LogP contribution in [0.25, 0.3) is 27.4 Å².